The third-order valence-electron chi connectivity index (χ3n) is 5.73. The van der Waals surface area contributed by atoms with Crippen LogP contribution in [-0.2, 0) is 24.9 Å². The molecule has 1 fully saturated rings. The van der Waals surface area contributed by atoms with E-state index in [1.165, 1.54) is 9.13 Å². The predicted molar refractivity (Wildman–Crippen MR) is 109 cm³/mol. The van der Waals surface area contributed by atoms with E-state index in [1.807, 2.05) is 47.9 Å². The van der Waals surface area contributed by atoms with E-state index in [0.29, 0.717) is 23.5 Å². The maximum Gasteiger partial charge on any atom is 0.332 e. The van der Waals surface area contributed by atoms with Gasteiger partial charge in [-0.2, -0.15) is 4.98 Å². The molecule has 1 saturated heterocycles. The lowest BCUT2D eigenvalue weighted by Crippen LogP contribution is -2.39. The molecule has 1 unspecified atom stereocenters. The fourth-order valence-electron chi connectivity index (χ4n) is 4.18. The van der Waals surface area contributed by atoms with Crippen LogP contribution in [0.15, 0.2) is 46.1 Å². The van der Waals surface area contributed by atoms with E-state index in [-0.39, 0.29) is 23.9 Å². The van der Waals surface area contributed by atoms with Crippen molar-refractivity contribution < 1.29 is 4.74 Å². The van der Waals surface area contributed by atoms with E-state index in [0.717, 1.165) is 30.7 Å². The number of rotatable bonds is 4. The van der Waals surface area contributed by atoms with Crippen molar-refractivity contribution in [2.75, 3.05) is 6.61 Å². The minimum absolute atomic E-state index is 0.156. The monoisotopic (exact) mass is 393 g/mol. The number of aromatic nitrogens is 5. The molecule has 0 bridgehead atoms. The summed E-state index contributed by atoms with van der Waals surface area (Å²) in [5, 5.41) is 0. The molecule has 0 saturated carbocycles. The molecular formula is C21H23N5O3. The van der Waals surface area contributed by atoms with Gasteiger partial charge in [0.15, 0.2) is 11.2 Å². The van der Waals surface area contributed by atoms with Gasteiger partial charge >= 0.3 is 5.69 Å². The molecular weight excluding hydrogens is 370 g/mol. The third-order valence-corrected chi connectivity index (χ3v) is 5.73. The Labute approximate surface area is 166 Å². The maximum atomic E-state index is 13.3. The minimum atomic E-state index is -0.366. The van der Waals surface area contributed by atoms with Crippen molar-refractivity contribution in [3.8, 4) is 0 Å². The van der Waals surface area contributed by atoms with Crippen molar-refractivity contribution in [1.82, 2.24) is 23.1 Å². The summed E-state index contributed by atoms with van der Waals surface area (Å²) >= 11 is 0. The van der Waals surface area contributed by atoms with E-state index in [9.17, 15) is 9.59 Å². The van der Waals surface area contributed by atoms with Crippen molar-refractivity contribution >= 4 is 16.9 Å². The van der Waals surface area contributed by atoms with Crippen molar-refractivity contribution in [2.45, 2.75) is 39.0 Å². The first-order valence-corrected chi connectivity index (χ1v) is 9.88. The molecule has 5 rings (SSSR count). The molecule has 29 heavy (non-hydrogen) atoms. The fraction of sp³-hybridized carbons (Fsp3) is 0.381. The van der Waals surface area contributed by atoms with E-state index in [1.54, 1.807) is 7.05 Å². The third kappa shape index (κ3) is 2.82. The van der Waals surface area contributed by atoms with Crippen LogP contribution in [0.4, 0.5) is 0 Å². The second-order valence-corrected chi connectivity index (χ2v) is 7.69. The van der Waals surface area contributed by atoms with Crippen LogP contribution in [0.5, 0.6) is 0 Å². The molecule has 4 heterocycles. The summed E-state index contributed by atoms with van der Waals surface area (Å²) in [5.41, 5.74) is 2.04. The first-order chi connectivity index (χ1) is 14.0. The van der Waals surface area contributed by atoms with Crippen molar-refractivity contribution in [2.24, 2.45) is 7.05 Å². The van der Waals surface area contributed by atoms with Gasteiger partial charge in [0.25, 0.3) is 5.56 Å². The summed E-state index contributed by atoms with van der Waals surface area (Å²) in [6.07, 6.45) is 4.16. The van der Waals surface area contributed by atoms with E-state index < -0.39 is 0 Å². The molecule has 0 spiro atoms. The molecule has 1 aromatic carbocycles. The standard InChI is InChI=1S/C21H23N5O3/c1-14-11-25-17-18(22-20(25)24(14)13-16-9-6-10-29-16)23(2)21(28)26(19(17)27)12-15-7-4-3-5-8-15/h3-5,7-8,11,16H,6,9-10,12-13H2,1-2H3. The molecule has 8 heteroatoms. The topological polar surface area (TPSA) is 75.5 Å². The van der Waals surface area contributed by atoms with Gasteiger partial charge < -0.3 is 9.30 Å². The number of aryl methyl sites for hydroxylation is 2. The van der Waals surface area contributed by atoms with Gasteiger partial charge in [0.2, 0.25) is 5.78 Å². The van der Waals surface area contributed by atoms with Crippen LogP contribution in [0.1, 0.15) is 24.1 Å². The molecule has 0 N–H and O–H groups in total. The Morgan fingerprint density at radius 1 is 1.17 bits per heavy atom. The van der Waals surface area contributed by atoms with Crippen LogP contribution in [0.2, 0.25) is 0 Å². The SMILES string of the molecule is Cc1cn2c3c(=O)n(Cc4ccccc4)c(=O)n(C)c3nc2n1CC1CCCO1. The first kappa shape index (κ1) is 17.9. The van der Waals surface area contributed by atoms with Gasteiger partial charge in [0.05, 0.1) is 19.2 Å². The Morgan fingerprint density at radius 2 is 1.97 bits per heavy atom. The van der Waals surface area contributed by atoms with Gasteiger partial charge in [-0.3, -0.25) is 18.3 Å². The van der Waals surface area contributed by atoms with Crippen molar-refractivity contribution in [1.29, 1.82) is 0 Å². The van der Waals surface area contributed by atoms with Gasteiger partial charge in [0, 0.05) is 25.5 Å². The van der Waals surface area contributed by atoms with Crippen LogP contribution in [0, 0.1) is 6.92 Å². The molecule has 8 nitrogen and oxygen atoms in total. The second kappa shape index (κ2) is 6.73. The van der Waals surface area contributed by atoms with Gasteiger partial charge in [0.1, 0.15) is 0 Å². The van der Waals surface area contributed by atoms with E-state index in [2.05, 4.69) is 9.55 Å². The van der Waals surface area contributed by atoms with Crippen LogP contribution in [-0.4, -0.2) is 35.8 Å². The Morgan fingerprint density at radius 3 is 2.69 bits per heavy atom. The fourth-order valence-corrected chi connectivity index (χ4v) is 4.18. The quantitative estimate of drug-likeness (QED) is 0.529. The summed E-state index contributed by atoms with van der Waals surface area (Å²) in [6.45, 7) is 3.71. The summed E-state index contributed by atoms with van der Waals surface area (Å²) < 4.78 is 12.4. The predicted octanol–water partition coefficient (Wildman–Crippen LogP) is 1.69. The van der Waals surface area contributed by atoms with Crippen molar-refractivity contribution in [3.05, 3.63) is 68.6 Å². The van der Waals surface area contributed by atoms with Crippen LogP contribution < -0.4 is 11.2 Å². The lowest BCUT2D eigenvalue weighted by Gasteiger charge is -2.11. The van der Waals surface area contributed by atoms with Gasteiger partial charge in [-0.25, -0.2) is 4.79 Å². The maximum absolute atomic E-state index is 13.3. The molecule has 0 aliphatic carbocycles. The number of benzene rings is 1. The Balaban J connectivity index is 1.71. The van der Waals surface area contributed by atoms with Crippen LogP contribution >= 0.6 is 0 Å². The molecule has 0 radical (unpaired) electrons. The van der Waals surface area contributed by atoms with E-state index >= 15 is 0 Å². The highest BCUT2D eigenvalue weighted by atomic mass is 16.5. The molecule has 1 aliphatic rings. The average molecular weight is 393 g/mol. The van der Waals surface area contributed by atoms with Crippen LogP contribution in [0.25, 0.3) is 16.9 Å². The molecule has 3 aromatic heterocycles. The summed E-state index contributed by atoms with van der Waals surface area (Å²) in [4.78, 5) is 30.9. The molecule has 1 aliphatic heterocycles. The average Bonchev–Trinajstić information content (AvgIpc) is 3.42. The number of fused-ring (bicyclic) bond motifs is 3. The zero-order valence-corrected chi connectivity index (χ0v) is 16.5. The lowest BCUT2D eigenvalue weighted by molar-refractivity contribution is 0.0974. The Bertz CT molecular complexity index is 1320. The highest BCUT2D eigenvalue weighted by Gasteiger charge is 2.23. The molecule has 150 valence electrons. The lowest BCUT2D eigenvalue weighted by atomic mass is 10.2. The highest BCUT2D eigenvalue weighted by molar-refractivity contribution is 5.75. The number of hydrogen-bond donors (Lipinski definition) is 0. The number of imidazole rings is 2. The molecule has 4 aromatic rings. The highest BCUT2D eigenvalue weighted by Crippen LogP contribution is 2.20. The number of nitrogens with zero attached hydrogens (tertiary/aromatic N) is 5. The summed E-state index contributed by atoms with van der Waals surface area (Å²) in [5.74, 6) is 0.664. The Hall–Kier alpha value is -3.13. The second-order valence-electron chi connectivity index (χ2n) is 7.69. The summed E-state index contributed by atoms with van der Waals surface area (Å²) in [7, 11) is 1.66. The van der Waals surface area contributed by atoms with Gasteiger partial charge in [-0.05, 0) is 25.3 Å². The normalized spacial score (nSPS) is 17.0. The van der Waals surface area contributed by atoms with Gasteiger partial charge in [-0.1, -0.05) is 30.3 Å². The summed E-state index contributed by atoms with van der Waals surface area (Å²) in [6, 6.07) is 9.52. The molecule has 1 atom stereocenters. The largest absolute Gasteiger partial charge is 0.376 e. The first-order valence-electron chi connectivity index (χ1n) is 9.88. The van der Waals surface area contributed by atoms with Gasteiger partial charge in [-0.15, -0.1) is 0 Å². The number of ether oxygens (including phenoxy) is 1. The zero-order chi connectivity index (χ0) is 20.1. The van der Waals surface area contributed by atoms with Crippen LogP contribution in [0.3, 0.4) is 0 Å². The minimum Gasteiger partial charge on any atom is -0.376 e. The van der Waals surface area contributed by atoms with E-state index in [4.69, 9.17) is 4.74 Å². The smallest absolute Gasteiger partial charge is 0.332 e. The van der Waals surface area contributed by atoms with Crippen molar-refractivity contribution in [3.63, 3.8) is 0 Å². The Kier molecular flexibility index (Phi) is 4.16. The molecule has 0 amide bonds. The zero-order valence-electron chi connectivity index (χ0n) is 16.5. The number of hydrogen-bond acceptors (Lipinski definition) is 4.